The summed E-state index contributed by atoms with van der Waals surface area (Å²) in [4.78, 5) is 2.44. The lowest BCUT2D eigenvalue weighted by Gasteiger charge is -2.24. The molecule has 1 aromatic heterocycles. The quantitative estimate of drug-likeness (QED) is 0.810. The van der Waals surface area contributed by atoms with Gasteiger partial charge in [0.25, 0.3) is 0 Å². The summed E-state index contributed by atoms with van der Waals surface area (Å²) in [5.74, 6) is 3.04. The second kappa shape index (κ2) is 6.99. The maximum absolute atomic E-state index is 5.85. The highest BCUT2D eigenvalue weighted by Crippen LogP contribution is 2.27. The molecule has 0 bridgehead atoms. The van der Waals surface area contributed by atoms with E-state index in [4.69, 9.17) is 13.9 Å². The predicted octanol–water partition coefficient (Wildman–Crippen LogP) is 3.70. The molecular formula is C20H25NO3. The first-order chi connectivity index (χ1) is 11.8. The molecular weight excluding hydrogens is 302 g/mol. The summed E-state index contributed by atoms with van der Waals surface area (Å²) in [5, 5.41) is 0. The van der Waals surface area contributed by atoms with Crippen molar-refractivity contribution in [3.63, 3.8) is 0 Å². The standard InChI is InChI=1S/C20H25NO3/c1-15-4-6-19(24-15)14-21(13-18-3-2-9-22-18)12-16-5-7-20-17(11-16)8-10-23-20/h4-7,11,18H,2-3,8-10,12-14H2,1H3. The minimum absolute atomic E-state index is 0.346. The van der Waals surface area contributed by atoms with Gasteiger partial charge in [0.05, 0.1) is 19.3 Å². The molecule has 3 heterocycles. The van der Waals surface area contributed by atoms with Crippen LogP contribution in [0.25, 0.3) is 0 Å². The van der Waals surface area contributed by atoms with E-state index in [0.29, 0.717) is 6.10 Å². The monoisotopic (exact) mass is 327 g/mol. The molecule has 4 nitrogen and oxygen atoms in total. The SMILES string of the molecule is Cc1ccc(CN(Cc2ccc3c(c2)CCO3)CC2CCCO2)o1. The number of ether oxygens (including phenoxy) is 2. The normalized spacial score (nSPS) is 19.7. The Morgan fingerprint density at radius 1 is 1.12 bits per heavy atom. The molecule has 1 saturated heterocycles. The average Bonchev–Trinajstić information content (AvgIpc) is 3.29. The highest BCUT2D eigenvalue weighted by Gasteiger charge is 2.21. The van der Waals surface area contributed by atoms with E-state index in [2.05, 4.69) is 29.2 Å². The lowest BCUT2D eigenvalue weighted by Crippen LogP contribution is -2.31. The van der Waals surface area contributed by atoms with Crippen LogP contribution in [0.4, 0.5) is 0 Å². The summed E-state index contributed by atoms with van der Waals surface area (Å²) in [6.07, 6.45) is 3.70. The molecule has 4 rings (SSSR count). The zero-order valence-corrected chi connectivity index (χ0v) is 14.3. The Labute approximate surface area is 143 Å². The summed E-state index contributed by atoms with van der Waals surface area (Å²) in [6, 6.07) is 10.7. The van der Waals surface area contributed by atoms with Crippen molar-refractivity contribution in [2.75, 3.05) is 19.8 Å². The summed E-state index contributed by atoms with van der Waals surface area (Å²) in [7, 11) is 0. The summed E-state index contributed by atoms with van der Waals surface area (Å²) >= 11 is 0. The Morgan fingerprint density at radius 3 is 2.88 bits per heavy atom. The van der Waals surface area contributed by atoms with Crippen LogP contribution in [0.3, 0.4) is 0 Å². The van der Waals surface area contributed by atoms with Crippen molar-refractivity contribution in [1.29, 1.82) is 0 Å². The van der Waals surface area contributed by atoms with Gasteiger partial charge in [-0.1, -0.05) is 12.1 Å². The summed E-state index contributed by atoms with van der Waals surface area (Å²) in [6.45, 7) is 6.38. The number of hydrogen-bond acceptors (Lipinski definition) is 4. The fourth-order valence-corrected chi connectivity index (χ4v) is 3.65. The van der Waals surface area contributed by atoms with Gasteiger partial charge in [-0.3, -0.25) is 4.90 Å². The molecule has 1 fully saturated rings. The van der Waals surface area contributed by atoms with Crippen LogP contribution < -0.4 is 4.74 Å². The first kappa shape index (κ1) is 15.7. The van der Waals surface area contributed by atoms with Gasteiger partial charge in [0.15, 0.2) is 0 Å². The molecule has 1 atom stereocenters. The van der Waals surface area contributed by atoms with Crippen LogP contribution in [0.15, 0.2) is 34.7 Å². The largest absolute Gasteiger partial charge is 0.493 e. The van der Waals surface area contributed by atoms with E-state index in [1.807, 2.05) is 13.0 Å². The van der Waals surface area contributed by atoms with E-state index in [-0.39, 0.29) is 0 Å². The molecule has 1 unspecified atom stereocenters. The second-order valence-electron chi connectivity index (χ2n) is 6.86. The molecule has 24 heavy (non-hydrogen) atoms. The summed E-state index contributed by atoms with van der Waals surface area (Å²) in [5.41, 5.74) is 2.67. The Balaban J connectivity index is 1.48. The van der Waals surface area contributed by atoms with Crippen LogP contribution in [0.2, 0.25) is 0 Å². The third-order valence-electron chi connectivity index (χ3n) is 4.82. The van der Waals surface area contributed by atoms with Crippen LogP contribution in [0.1, 0.15) is 35.5 Å². The van der Waals surface area contributed by atoms with E-state index in [9.17, 15) is 0 Å². The van der Waals surface area contributed by atoms with E-state index < -0.39 is 0 Å². The Bertz CT molecular complexity index is 688. The van der Waals surface area contributed by atoms with Gasteiger partial charge in [0.2, 0.25) is 0 Å². The molecule has 0 spiro atoms. The predicted molar refractivity (Wildman–Crippen MR) is 92.2 cm³/mol. The molecule has 4 heteroatoms. The lowest BCUT2D eigenvalue weighted by atomic mass is 10.1. The Hall–Kier alpha value is -1.78. The van der Waals surface area contributed by atoms with Gasteiger partial charge in [0.1, 0.15) is 17.3 Å². The van der Waals surface area contributed by atoms with Gasteiger partial charge in [-0.2, -0.15) is 0 Å². The van der Waals surface area contributed by atoms with Gasteiger partial charge in [0, 0.05) is 26.1 Å². The zero-order valence-electron chi connectivity index (χ0n) is 14.3. The molecule has 0 amide bonds. The second-order valence-corrected chi connectivity index (χ2v) is 6.86. The first-order valence-corrected chi connectivity index (χ1v) is 8.90. The maximum atomic E-state index is 5.85. The van der Waals surface area contributed by atoms with Gasteiger partial charge in [-0.05, 0) is 49.1 Å². The molecule has 2 aliphatic heterocycles. The van der Waals surface area contributed by atoms with Gasteiger partial charge in [-0.25, -0.2) is 0 Å². The highest BCUT2D eigenvalue weighted by atomic mass is 16.5. The zero-order chi connectivity index (χ0) is 16.4. The van der Waals surface area contributed by atoms with Crippen molar-refractivity contribution < 1.29 is 13.9 Å². The van der Waals surface area contributed by atoms with Crippen LogP contribution in [0.5, 0.6) is 5.75 Å². The average molecular weight is 327 g/mol. The number of fused-ring (bicyclic) bond motifs is 1. The van der Waals surface area contributed by atoms with E-state index in [1.54, 1.807) is 0 Å². The van der Waals surface area contributed by atoms with E-state index >= 15 is 0 Å². The molecule has 0 saturated carbocycles. The number of rotatable bonds is 6. The smallest absolute Gasteiger partial charge is 0.122 e. The number of hydrogen-bond donors (Lipinski definition) is 0. The van der Waals surface area contributed by atoms with Crippen molar-refractivity contribution in [3.8, 4) is 5.75 Å². The molecule has 2 aromatic rings. The third kappa shape index (κ3) is 3.65. The number of furan rings is 1. The van der Waals surface area contributed by atoms with Crippen LogP contribution in [-0.4, -0.2) is 30.8 Å². The topological polar surface area (TPSA) is 34.8 Å². The van der Waals surface area contributed by atoms with Gasteiger partial charge < -0.3 is 13.9 Å². The molecule has 2 aliphatic rings. The minimum Gasteiger partial charge on any atom is -0.493 e. The number of nitrogens with zero attached hydrogens (tertiary/aromatic N) is 1. The van der Waals surface area contributed by atoms with Crippen LogP contribution in [0, 0.1) is 6.92 Å². The third-order valence-corrected chi connectivity index (χ3v) is 4.82. The van der Waals surface area contributed by atoms with Crippen molar-refractivity contribution in [2.45, 2.75) is 45.4 Å². The number of benzene rings is 1. The Morgan fingerprint density at radius 2 is 2.08 bits per heavy atom. The Kier molecular flexibility index (Phi) is 4.58. The van der Waals surface area contributed by atoms with Crippen molar-refractivity contribution >= 4 is 0 Å². The van der Waals surface area contributed by atoms with Gasteiger partial charge in [-0.15, -0.1) is 0 Å². The summed E-state index contributed by atoms with van der Waals surface area (Å²) < 4.78 is 17.2. The molecule has 0 N–H and O–H groups in total. The van der Waals surface area contributed by atoms with Crippen LogP contribution in [-0.2, 0) is 24.2 Å². The maximum Gasteiger partial charge on any atom is 0.122 e. The highest BCUT2D eigenvalue weighted by molar-refractivity contribution is 5.39. The molecule has 0 radical (unpaired) electrons. The van der Waals surface area contributed by atoms with Gasteiger partial charge >= 0.3 is 0 Å². The van der Waals surface area contributed by atoms with E-state index in [0.717, 1.165) is 63.0 Å². The van der Waals surface area contributed by atoms with Crippen molar-refractivity contribution in [3.05, 3.63) is 53.0 Å². The minimum atomic E-state index is 0.346. The van der Waals surface area contributed by atoms with Crippen LogP contribution >= 0.6 is 0 Å². The fraction of sp³-hybridized carbons (Fsp3) is 0.500. The fourth-order valence-electron chi connectivity index (χ4n) is 3.65. The number of aryl methyl sites for hydroxylation is 1. The van der Waals surface area contributed by atoms with Crippen molar-refractivity contribution in [2.24, 2.45) is 0 Å². The van der Waals surface area contributed by atoms with Crippen molar-refractivity contribution in [1.82, 2.24) is 4.90 Å². The molecule has 128 valence electrons. The van der Waals surface area contributed by atoms with E-state index in [1.165, 1.54) is 17.5 Å². The molecule has 0 aliphatic carbocycles. The lowest BCUT2D eigenvalue weighted by molar-refractivity contribution is 0.0654. The first-order valence-electron chi connectivity index (χ1n) is 8.90. The molecule has 1 aromatic carbocycles.